The zero-order valence-corrected chi connectivity index (χ0v) is 13.0. The van der Waals surface area contributed by atoms with Crippen molar-refractivity contribution in [3.8, 4) is 11.5 Å². The van der Waals surface area contributed by atoms with E-state index in [0.717, 1.165) is 12.1 Å². The van der Waals surface area contributed by atoms with Gasteiger partial charge in [-0.25, -0.2) is 8.78 Å². The molecule has 104 valence electrons. The highest BCUT2D eigenvalue weighted by atomic mass is 79.9. The molecule has 0 bridgehead atoms. The molecule has 2 nitrogen and oxygen atoms in total. The SMILES string of the molecule is NC(=S)c1cc(F)c(Oc2ccc(Cl)cc2Br)c(F)c1. The third-order valence-corrected chi connectivity index (χ3v) is 3.48. The lowest BCUT2D eigenvalue weighted by molar-refractivity contribution is 0.405. The van der Waals surface area contributed by atoms with E-state index in [4.69, 9.17) is 22.1 Å². The number of hydrogen-bond donors (Lipinski definition) is 1. The molecule has 0 radical (unpaired) electrons. The second-order valence-corrected chi connectivity index (χ2v) is 5.54. The van der Waals surface area contributed by atoms with Crippen molar-refractivity contribution in [2.45, 2.75) is 0 Å². The molecule has 0 fully saturated rings. The van der Waals surface area contributed by atoms with Crippen molar-refractivity contribution in [3.63, 3.8) is 0 Å². The minimum Gasteiger partial charge on any atom is -0.450 e. The Bertz CT molecular complexity index is 673. The van der Waals surface area contributed by atoms with Gasteiger partial charge in [0.2, 0.25) is 0 Å². The van der Waals surface area contributed by atoms with Gasteiger partial charge in [-0.05, 0) is 46.3 Å². The van der Waals surface area contributed by atoms with Gasteiger partial charge in [0.05, 0.1) is 4.47 Å². The van der Waals surface area contributed by atoms with E-state index >= 15 is 0 Å². The smallest absolute Gasteiger partial charge is 0.198 e. The molecule has 0 heterocycles. The molecule has 0 unspecified atom stereocenters. The minimum atomic E-state index is -0.894. The number of benzene rings is 2. The van der Waals surface area contributed by atoms with E-state index in [1.165, 1.54) is 6.07 Å². The molecule has 0 aliphatic rings. The average molecular weight is 379 g/mol. The molecule has 0 saturated heterocycles. The molecule has 0 aliphatic heterocycles. The Morgan fingerprint density at radius 1 is 1.20 bits per heavy atom. The number of nitrogens with two attached hydrogens (primary N) is 1. The molecule has 0 spiro atoms. The van der Waals surface area contributed by atoms with Crippen molar-refractivity contribution >= 4 is 44.7 Å². The van der Waals surface area contributed by atoms with E-state index in [1.54, 1.807) is 12.1 Å². The Hall–Kier alpha value is -1.24. The molecular weight excluding hydrogens is 372 g/mol. The van der Waals surface area contributed by atoms with Crippen LogP contribution in [-0.2, 0) is 0 Å². The van der Waals surface area contributed by atoms with Crippen LogP contribution in [0.15, 0.2) is 34.8 Å². The highest BCUT2D eigenvalue weighted by Crippen LogP contribution is 2.34. The zero-order chi connectivity index (χ0) is 14.9. The number of rotatable bonds is 3. The fourth-order valence-electron chi connectivity index (χ4n) is 1.47. The highest BCUT2D eigenvalue weighted by Gasteiger charge is 2.16. The van der Waals surface area contributed by atoms with Crippen molar-refractivity contribution < 1.29 is 13.5 Å². The molecule has 0 saturated carbocycles. The third kappa shape index (κ3) is 3.26. The number of thiocarbonyl (C=S) groups is 1. The van der Waals surface area contributed by atoms with Crippen LogP contribution in [0.4, 0.5) is 8.78 Å². The topological polar surface area (TPSA) is 35.2 Å². The zero-order valence-electron chi connectivity index (χ0n) is 9.79. The molecule has 2 rings (SSSR count). The quantitative estimate of drug-likeness (QED) is 0.779. The van der Waals surface area contributed by atoms with Crippen LogP contribution in [0.2, 0.25) is 5.02 Å². The van der Waals surface area contributed by atoms with E-state index in [-0.39, 0.29) is 16.3 Å². The van der Waals surface area contributed by atoms with Gasteiger partial charge in [0.15, 0.2) is 17.4 Å². The number of hydrogen-bond acceptors (Lipinski definition) is 2. The lowest BCUT2D eigenvalue weighted by atomic mass is 10.2. The van der Waals surface area contributed by atoms with Crippen LogP contribution >= 0.6 is 39.7 Å². The maximum atomic E-state index is 13.8. The number of ether oxygens (including phenoxy) is 1. The molecule has 0 atom stereocenters. The maximum Gasteiger partial charge on any atom is 0.198 e. The summed E-state index contributed by atoms with van der Waals surface area (Å²) in [6, 6.07) is 6.62. The number of halogens is 4. The van der Waals surface area contributed by atoms with Crippen molar-refractivity contribution in [2.75, 3.05) is 0 Å². The summed E-state index contributed by atoms with van der Waals surface area (Å²) in [5, 5.41) is 0.467. The summed E-state index contributed by atoms with van der Waals surface area (Å²) in [4.78, 5) is -0.0953. The lowest BCUT2D eigenvalue weighted by Crippen LogP contribution is -2.10. The van der Waals surface area contributed by atoms with E-state index in [0.29, 0.717) is 9.50 Å². The molecule has 0 aromatic heterocycles. The van der Waals surface area contributed by atoms with Crippen LogP contribution in [0, 0.1) is 11.6 Å². The van der Waals surface area contributed by atoms with Crippen molar-refractivity contribution in [1.29, 1.82) is 0 Å². The van der Waals surface area contributed by atoms with Crippen molar-refractivity contribution in [3.05, 3.63) is 57.0 Å². The minimum absolute atomic E-state index is 0.0949. The normalized spacial score (nSPS) is 10.4. The van der Waals surface area contributed by atoms with Gasteiger partial charge in [0, 0.05) is 10.6 Å². The second-order valence-electron chi connectivity index (χ2n) is 3.81. The molecule has 2 aromatic rings. The van der Waals surface area contributed by atoms with Gasteiger partial charge in [-0.1, -0.05) is 23.8 Å². The predicted octanol–water partition coefficient (Wildman–Crippen LogP) is 4.81. The molecule has 7 heteroatoms. The van der Waals surface area contributed by atoms with Gasteiger partial charge < -0.3 is 10.5 Å². The van der Waals surface area contributed by atoms with Gasteiger partial charge in [0.25, 0.3) is 0 Å². The van der Waals surface area contributed by atoms with E-state index in [2.05, 4.69) is 28.1 Å². The molecule has 2 aromatic carbocycles. The molecule has 0 aliphatic carbocycles. The summed E-state index contributed by atoms with van der Waals surface area (Å²) in [6.45, 7) is 0. The Morgan fingerprint density at radius 3 is 2.30 bits per heavy atom. The van der Waals surface area contributed by atoms with Crippen LogP contribution in [0.5, 0.6) is 11.5 Å². The summed E-state index contributed by atoms with van der Waals surface area (Å²) >= 11 is 13.6. The molecular formula is C13H7BrClF2NOS. The van der Waals surface area contributed by atoms with Crippen LogP contribution in [-0.4, -0.2) is 4.99 Å². The van der Waals surface area contributed by atoms with Crippen LogP contribution in [0.1, 0.15) is 5.56 Å². The summed E-state index contributed by atoms with van der Waals surface area (Å²) in [7, 11) is 0. The first-order valence-electron chi connectivity index (χ1n) is 5.30. The summed E-state index contributed by atoms with van der Waals surface area (Å²) in [6.07, 6.45) is 0. The maximum absolute atomic E-state index is 13.8. The van der Waals surface area contributed by atoms with Gasteiger partial charge in [-0.3, -0.25) is 0 Å². The fourth-order valence-corrected chi connectivity index (χ4v) is 2.35. The van der Waals surface area contributed by atoms with Gasteiger partial charge in [-0.15, -0.1) is 0 Å². The van der Waals surface area contributed by atoms with Crippen LogP contribution in [0.25, 0.3) is 0 Å². The Kier molecular flexibility index (Phi) is 4.57. The van der Waals surface area contributed by atoms with E-state index in [9.17, 15) is 8.78 Å². The lowest BCUT2D eigenvalue weighted by Gasteiger charge is -2.11. The summed E-state index contributed by atoms with van der Waals surface area (Å²) in [5.41, 5.74) is 5.42. The van der Waals surface area contributed by atoms with Gasteiger partial charge >= 0.3 is 0 Å². The van der Waals surface area contributed by atoms with Gasteiger partial charge in [0.1, 0.15) is 10.7 Å². The second kappa shape index (κ2) is 6.03. The van der Waals surface area contributed by atoms with E-state index < -0.39 is 17.4 Å². The standard InChI is InChI=1S/C13H7BrClF2NOS/c14-8-5-7(15)1-2-11(8)19-12-9(16)3-6(13(18)20)4-10(12)17/h1-5H,(H2,18,20). The fraction of sp³-hybridized carbons (Fsp3) is 0. The van der Waals surface area contributed by atoms with Crippen molar-refractivity contribution in [2.24, 2.45) is 5.73 Å². The van der Waals surface area contributed by atoms with Crippen LogP contribution in [0.3, 0.4) is 0 Å². The Labute approximate surface area is 132 Å². The van der Waals surface area contributed by atoms with Crippen molar-refractivity contribution in [1.82, 2.24) is 0 Å². The molecule has 20 heavy (non-hydrogen) atoms. The first-order chi connectivity index (χ1) is 9.38. The first-order valence-corrected chi connectivity index (χ1v) is 6.88. The monoisotopic (exact) mass is 377 g/mol. The molecule has 2 N–H and O–H groups in total. The van der Waals surface area contributed by atoms with Crippen LogP contribution < -0.4 is 10.5 Å². The molecule has 0 amide bonds. The first kappa shape index (κ1) is 15.2. The average Bonchev–Trinajstić information content (AvgIpc) is 2.35. The largest absolute Gasteiger partial charge is 0.450 e. The summed E-state index contributed by atoms with van der Waals surface area (Å²) < 4.78 is 33.4. The van der Waals surface area contributed by atoms with E-state index in [1.807, 2.05) is 0 Å². The highest BCUT2D eigenvalue weighted by molar-refractivity contribution is 9.10. The summed E-state index contributed by atoms with van der Waals surface area (Å²) in [5.74, 6) is -2.09. The van der Waals surface area contributed by atoms with Gasteiger partial charge in [-0.2, -0.15) is 0 Å². The predicted molar refractivity (Wildman–Crippen MR) is 81.5 cm³/mol. The Balaban J connectivity index is 2.41. The third-order valence-electron chi connectivity index (χ3n) is 2.39. The Morgan fingerprint density at radius 2 is 1.80 bits per heavy atom.